The van der Waals surface area contributed by atoms with Crippen LogP contribution in [0.15, 0.2) is 22.8 Å². The number of amides is 1. The molecule has 0 spiro atoms. The molecule has 0 aliphatic rings. The average Bonchev–Trinajstić information content (AvgIpc) is 2.27. The van der Waals surface area contributed by atoms with Crippen LogP contribution in [-0.4, -0.2) is 20.9 Å². The first-order valence-corrected chi connectivity index (χ1v) is 5.85. The Kier molecular flexibility index (Phi) is 3.24. The van der Waals surface area contributed by atoms with Gasteiger partial charge in [-0.2, -0.15) is 0 Å². The minimum atomic E-state index is -0.642. The van der Waals surface area contributed by atoms with Crippen LogP contribution in [-0.2, 0) is 0 Å². The number of halogens is 1. The van der Waals surface area contributed by atoms with Crippen LogP contribution in [0.2, 0.25) is 0 Å². The van der Waals surface area contributed by atoms with E-state index in [-0.39, 0.29) is 11.4 Å². The maximum absolute atomic E-state index is 11.2. The quantitative estimate of drug-likeness (QED) is 0.869. The summed E-state index contributed by atoms with van der Waals surface area (Å²) in [6.07, 6.45) is 1.62. The van der Waals surface area contributed by atoms with Crippen LogP contribution >= 0.6 is 15.9 Å². The number of nitrogens with zero attached hydrogens (tertiary/aromatic N) is 3. The van der Waals surface area contributed by atoms with Crippen LogP contribution in [0.3, 0.4) is 0 Å². The Balaban J connectivity index is 2.62. The standard InChI is InChI=1S/C11H10BrN5O/c1-5-7(10(14)18)9(13)17-11(16-5)8-6(12)3-2-4-15-8/h2-4H,1H3,(H2,14,18)(H2,13,16,17). The molecule has 18 heavy (non-hydrogen) atoms. The number of carbonyl (C=O) groups excluding carboxylic acids is 1. The fraction of sp³-hybridized carbons (Fsp3) is 0.0909. The highest BCUT2D eigenvalue weighted by atomic mass is 79.9. The third kappa shape index (κ3) is 2.17. The van der Waals surface area contributed by atoms with Gasteiger partial charge in [-0.15, -0.1) is 0 Å². The fourth-order valence-corrected chi connectivity index (χ4v) is 1.99. The molecule has 0 saturated heterocycles. The van der Waals surface area contributed by atoms with E-state index in [4.69, 9.17) is 11.5 Å². The number of aryl methyl sites for hydroxylation is 1. The van der Waals surface area contributed by atoms with Crippen LogP contribution in [0.5, 0.6) is 0 Å². The lowest BCUT2D eigenvalue weighted by Gasteiger charge is -2.08. The van der Waals surface area contributed by atoms with E-state index in [0.717, 1.165) is 4.47 Å². The smallest absolute Gasteiger partial charge is 0.254 e. The first-order valence-electron chi connectivity index (χ1n) is 5.05. The average molecular weight is 308 g/mol. The molecule has 92 valence electrons. The molecule has 0 atom stereocenters. The van der Waals surface area contributed by atoms with Crippen molar-refractivity contribution >= 4 is 27.7 Å². The molecule has 1 amide bonds. The summed E-state index contributed by atoms with van der Waals surface area (Å²) in [5, 5.41) is 0. The topological polar surface area (TPSA) is 108 Å². The Morgan fingerprint density at radius 1 is 1.39 bits per heavy atom. The molecule has 0 radical (unpaired) electrons. The minimum Gasteiger partial charge on any atom is -0.383 e. The number of carbonyl (C=O) groups is 1. The fourth-order valence-electron chi connectivity index (χ4n) is 1.56. The molecule has 2 aromatic rings. The third-order valence-corrected chi connectivity index (χ3v) is 2.97. The van der Waals surface area contributed by atoms with Crippen molar-refractivity contribution in [1.29, 1.82) is 0 Å². The number of rotatable bonds is 2. The number of anilines is 1. The van der Waals surface area contributed by atoms with Crippen LogP contribution in [0, 0.1) is 6.92 Å². The first kappa shape index (κ1) is 12.4. The molecule has 2 aromatic heterocycles. The first-order chi connectivity index (χ1) is 8.50. The largest absolute Gasteiger partial charge is 0.383 e. The van der Waals surface area contributed by atoms with Gasteiger partial charge in [0.05, 0.1) is 5.69 Å². The Bertz CT molecular complexity index is 606. The second-order valence-corrected chi connectivity index (χ2v) is 4.45. The number of pyridine rings is 1. The number of hydrogen-bond donors (Lipinski definition) is 2. The Labute approximate surface area is 112 Å². The van der Waals surface area contributed by atoms with E-state index < -0.39 is 5.91 Å². The van der Waals surface area contributed by atoms with Gasteiger partial charge < -0.3 is 11.5 Å². The lowest BCUT2D eigenvalue weighted by molar-refractivity contribution is 0.1000. The summed E-state index contributed by atoms with van der Waals surface area (Å²) in [6, 6.07) is 3.60. The molecule has 0 aliphatic carbocycles. The highest BCUT2D eigenvalue weighted by Crippen LogP contribution is 2.24. The van der Waals surface area contributed by atoms with Crippen molar-refractivity contribution in [1.82, 2.24) is 15.0 Å². The second-order valence-electron chi connectivity index (χ2n) is 3.59. The summed E-state index contributed by atoms with van der Waals surface area (Å²) in [5.74, 6) is -0.235. The molecule has 6 nitrogen and oxygen atoms in total. The predicted molar refractivity (Wildman–Crippen MR) is 70.6 cm³/mol. The Morgan fingerprint density at radius 3 is 2.67 bits per heavy atom. The zero-order valence-corrected chi connectivity index (χ0v) is 11.1. The maximum Gasteiger partial charge on any atom is 0.254 e. The summed E-state index contributed by atoms with van der Waals surface area (Å²) in [7, 11) is 0. The molecule has 4 N–H and O–H groups in total. The van der Waals surface area contributed by atoms with E-state index in [1.807, 2.05) is 6.07 Å². The molecule has 0 saturated carbocycles. The number of primary amides is 1. The summed E-state index contributed by atoms with van der Waals surface area (Å²) in [6.45, 7) is 1.65. The van der Waals surface area contributed by atoms with Crippen molar-refractivity contribution in [2.75, 3.05) is 5.73 Å². The maximum atomic E-state index is 11.2. The van der Waals surface area contributed by atoms with Gasteiger partial charge in [0.2, 0.25) is 0 Å². The van der Waals surface area contributed by atoms with Crippen LogP contribution in [0.4, 0.5) is 5.82 Å². The van der Waals surface area contributed by atoms with Gasteiger partial charge in [-0.1, -0.05) is 0 Å². The van der Waals surface area contributed by atoms with Gasteiger partial charge in [-0.25, -0.2) is 9.97 Å². The van der Waals surface area contributed by atoms with Gasteiger partial charge in [0.15, 0.2) is 5.82 Å². The molecule has 2 rings (SSSR count). The van der Waals surface area contributed by atoms with E-state index in [1.54, 1.807) is 19.2 Å². The molecule has 7 heteroatoms. The second kappa shape index (κ2) is 4.69. The minimum absolute atomic E-state index is 0.0579. The van der Waals surface area contributed by atoms with Gasteiger partial charge >= 0.3 is 0 Å². The highest BCUT2D eigenvalue weighted by molar-refractivity contribution is 9.10. The zero-order chi connectivity index (χ0) is 13.3. The van der Waals surface area contributed by atoms with E-state index in [0.29, 0.717) is 17.2 Å². The number of nitrogens with two attached hydrogens (primary N) is 2. The van der Waals surface area contributed by atoms with E-state index in [1.165, 1.54) is 0 Å². The van der Waals surface area contributed by atoms with Crippen molar-refractivity contribution in [3.8, 4) is 11.5 Å². The summed E-state index contributed by atoms with van der Waals surface area (Å²) in [5.41, 5.74) is 12.1. The van der Waals surface area contributed by atoms with Crippen molar-refractivity contribution in [3.05, 3.63) is 34.1 Å². The van der Waals surface area contributed by atoms with Crippen molar-refractivity contribution in [2.45, 2.75) is 6.92 Å². The summed E-state index contributed by atoms with van der Waals surface area (Å²) >= 11 is 3.35. The van der Waals surface area contributed by atoms with Gasteiger partial charge in [0, 0.05) is 10.7 Å². The molecule has 0 aliphatic heterocycles. The van der Waals surface area contributed by atoms with Crippen molar-refractivity contribution in [3.63, 3.8) is 0 Å². The number of nitrogen functional groups attached to an aromatic ring is 1. The van der Waals surface area contributed by atoms with Crippen LogP contribution in [0.25, 0.3) is 11.5 Å². The van der Waals surface area contributed by atoms with E-state index in [9.17, 15) is 4.79 Å². The summed E-state index contributed by atoms with van der Waals surface area (Å²) < 4.78 is 0.746. The Hall–Kier alpha value is -2.02. The predicted octanol–water partition coefficient (Wildman–Crippen LogP) is 1.29. The van der Waals surface area contributed by atoms with Crippen molar-refractivity contribution < 1.29 is 4.79 Å². The van der Waals surface area contributed by atoms with E-state index >= 15 is 0 Å². The Morgan fingerprint density at radius 2 is 2.11 bits per heavy atom. The van der Waals surface area contributed by atoms with Crippen LogP contribution in [0.1, 0.15) is 16.1 Å². The summed E-state index contributed by atoms with van der Waals surface area (Å²) in [4.78, 5) is 23.6. The lowest BCUT2D eigenvalue weighted by atomic mass is 10.2. The highest BCUT2D eigenvalue weighted by Gasteiger charge is 2.16. The van der Waals surface area contributed by atoms with Gasteiger partial charge in [0.25, 0.3) is 5.91 Å². The SMILES string of the molecule is Cc1nc(-c2ncccc2Br)nc(N)c1C(N)=O. The number of aromatic nitrogens is 3. The van der Waals surface area contributed by atoms with Gasteiger partial charge in [0.1, 0.15) is 17.1 Å². The molecule has 0 bridgehead atoms. The molecule has 2 heterocycles. The molecule has 0 unspecified atom stereocenters. The molecular formula is C11H10BrN5O. The lowest BCUT2D eigenvalue weighted by Crippen LogP contribution is -2.18. The zero-order valence-electron chi connectivity index (χ0n) is 9.51. The normalized spacial score (nSPS) is 10.3. The molecule has 0 fully saturated rings. The van der Waals surface area contributed by atoms with Gasteiger partial charge in [-0.3, -0.25) is 9.78 Å². The van der Waals surface area contributed by atoms with Crippen molar-refractivity contribution in [2.24, 2.45) is 5.73 Å². The van der Waals surface area contributed by atoms with Gasteiger partial charge in [-0.05, 0) is 35.0 Å². The number of hydrogen-bond acceptors (Lipinski definition) is 5. The van der Waals surface area contributed by atoms with Crippen LogP contribution < -0.4 is 11.5 Å². The molecular weight excluding hydrogens is 298 g/mol. The molecule has 0 aromatic carbocycles. The van der Waals surface area contributed by atoms with E-state index in [2.05, 4.69) is 30.9 Å². The monoisotopic (exact) mass is 307 g/mol. The third-order valence-electron chi connectivity index (χ3n) is 2.33.